The molecule has 0 aliphatic carbocycles. The third-order valence-corrected chi connectivity index (χ3v) is 2.34. The normalized spacial score (nSPS) is 15.2. The molecular weight excluding hydrogens is 204 g/mol. The highest BCUT2D eigenvalue weighted by molar-refractivity contribution is 6.19. The number of benzene rings is 1. The Morgan fingerprint density at radius 3 is 2.38 bits per heavy atom. The summed E-state index contributed by atoms with van der Waals surface area (Å²) in [6, 6.07) is 8.63. The number of ketones is 1. The molecule has 0 bridgehead atoms. The second-order valence-corrected chi connectivity index (χ2v) is 3.42. The van der Waals surface area contributed by atoms with Crippen molar-refractivity contribution in [3.63, 3.8) is 0 Å². The quantitative estimate of drug-likeness (QED) is 0.713. The Labute approximate surface area is 92.4 Å². The summed E-state index contributed by atoms with van der Waals surface area (Å²) in [6.45, 7) is 3.59. The summed E-state index contributed by atoms with van der Waals surface area (Å²) in [5.41, 5.74) is 6.37. The highest BCUT2D eigenvalue weighted by Crippen LogP contribution is 2.20. The van der Waals surface area contributed by atoms with Gasteiger partial charge in [-0.3, -0.25) is 9.59 Å². The fourth-order valence-corrected chi connectivity index (χ4v) is 1.54. The van der Waals surface area contributed by atoms with Crippen LogP contribution < -0.4 is 11.1 Å². The van der Waals surface area contributed by atoms with Crippen LogP contribution in [0.4, 0.5) is 0 Å². The largest absolute Gasteiger partial charge is 0.394 e. The molecule has 3 N–H and O–H groups in total. The first kappa shape index (κ1) is 10.2. The Morgan fingerprint density at radius 1 is 1.25 bits per heavy atom. The first-order valence-electron chi connectivity index (χ1n) is 4.71. The van der Waals surface area contributed by atoms with E-state index in [1.165, 1.54) is 0 Å². The molecule has 1 amide bonds. The second kappa shape index (κ2) is 3.66. The number of carbonyl (C=O) groups is 2. The van der Waals surface area contributed by atoms with E-state index in [1.54, 1.807) is 30.3 Å². The van der Waals surface area contributed by atoms with Crippen LogP contribution in [0.5, 0.6) is 0 Å². The highest BCUT2D eigenvalue weighted by Gasteiger charge is 2.29. The van der Waals surface area contributed by atoms with Gasteiger partial charge in [0.15, 0.2) is 5.78 Å². The van der Waals surface area contributed by atoms with Gasteiger partial charge in [0.05, 0.1) is 5.57 Å². The molecule has 1 aliphatic heterocycles. The number of hydrogen-bond donors (Lipinski definition) is 2. The summed E-state index contributed by atoms with van der Waals surface area (Å²) in [6.07, 6.45) is 0. The SMILES string of the molecule is C=C1NC(=O)C(N)=C1C(=O)c1ccccc1. The molecule has 0 aromatic heterocycles. The summed E-state index contributed by atoms with van der Waals surface area (Å²) >= 11 is 0. The van der Waals surface area contributed by atoms with Crippen LogP contribution in [0.15, 0.2) is 53.9 Å². The molecule has 16 heavy (non-hydrogen) atoms. The number of nitrogens with two attached hydrogens (primary N) is 1. The molecule has 1 aromatic rings. The van der Waals surface area contributed by atoms with Crippen LogP contribution in [0.2, 0.25) is 0 Å². The predicted octanol–water partition coefficient (Wildman–Crippen LogP) is 0.726. The number of amides is 1. The Morgan fingerprint density at radius 2 is 1.88 bits per heavy atom. The van der Waals surface area contributed by atoms with Crippen molar-refractivity contribution in [2.75, 3.05) is 0 Å². The van der Waals surface area contributed by atoms with E-state index in [0.717, 1.165) is 0 Å². The number of hydrogen-bond acceptors (Lipinski definition) is 3. The molecule has 0 radical (unpaired) electrons. The molecule has 80 valence electrons. The third-order valence-electron chi connectivity index (χ3n) is 2.34. The molecule has 0 atom stereocenters. The number of rotatable bonds is 2. The molecule has 4 heteroatoms. The van der Waals surface area contributed by atoms with Crippen LogP contribution in [0.3, 0.4) is 0 Å². The van der Waals surface area contributed by atoms with Crippen molar-refractivity contribution >= 4 is 11.7 Å². The summed E-state index contributed by atoms with van der Waals surface area (Å²) in [5.74, 6) is -0.759. The predicted molar refractivity (Wildman–Crippen MR) is 59.3 cm³/mol. The maximum absolute atomic E-state index is 12.0. The lowest BCUT2D eigenvalue weighted by atomic mass is 10.0. The first-order chi connectivity index (χ1) is 7.61. The minimum absolute atomic E-state index is 0.0705. The molecule has 2 rings (SSSR count). The van der Waals surface area contributed by atoms with E-state index in [-0.39, 0.29) is 22.8 Å². The van der Waals surface area contributed by atoms with Crippen LogP contribution in [0.25, 0.3) is 0 Å². The fourth-order valence-electron chi connectivity index (χ4n) is 1.54. The van der Waals surface area contributed by atoms with E-state index in [1.807, 2.05) is 0 Å². The van der Waals surface area contributed by atoms with Crippen LogP contribution in [0.1, 0.15) is 10.4 Å². The van der Waals surface area contributed by atoms with Crippen LogP contribution in [-0.2, 0) is 4.79 Å². The summed E-state index contributed by atoms with van der Waals surface area (Å²) in [4.78, 5) is 23.2. The zero-order chi connectivity index (χ0) is 11.7. The zero-order valence-corrected chi connectivity index (χ0v) is 8.49. The lowest BCUT2D eigenvalue weighted by Crippen LogP contribution is -2.19. The van der Waals surface area contributed by atoms with Crippen molar-refractivity contribution in [1.29, 1.82) is 0 Å². The molecule has 1 heterocycles. The zero-order valence-electron chi connectivity index (χ0n) is 8.49. The maximum Gasteiger partial charge on any atom is 0.272 e. The maximum atomic E-state index is 12.0. The minimum Gasteiger partial charge on any atom is -0.394 e. The second-order valence-electron chi connectivity index (χ2n) is 3.42. The van der Waals surface area contributed by atoms with Gasteiger partial charge in [-0.15, -0.1) is 0 Å². The monoisotopic (exact) mass is 214 g/mol. The number of carbonyl (C=O) groups excluding carboxylic acids is 2. The van der Waals surface area contributed by atoms with Gasteiger partial charge < -0.3 is 11.1 Å². The van der Waals surface area contributed by atoms with Crippen LogP contribution in [-0.4, -0.2) is 11.7 Å². The molecule has 4 nitrogen and oxygen atoms in total. The third kappa shape index (κ3) is 1.50. The number of Topliss-reactive ketones (excluding diaryl/α,β-unsaturated/α-hetero) is 1. The first-order valence-corrected chi connectivity index (χ1v) is 4.71. The Balaban J connectivity index is 2.44. The standard InChI is InChI=1S/C12H10N2O2/c1-7-9(10(13)12(16)14-7)11(15)8-5-3-2-4-6-8/h2-6H,1,13H2,(H,14,16). The lowest BCUT2D eigenvalue weighted by molar-refractivity contribution is -0.116. The van der Waals surface area contributed by atoms with Gasteiger partial charge in [-0.1, -0.05) is 36.9 Å². The molecule has 0 saturated carbocycles. The van der Waals surface area contributed by atoms with Crippen LogP contribution in [0, 0.1) is 0 Å². The van der Waals surface area contributed by atoms with Gasteiger partial charge in [0.25, 0.3) is 5.91 Å². The molecule has 0 spiro atoms. The van der Waals surface area contributed by atoms with Crippen molar-refractivity contribution in [3.8, 4) is 0 Å². The van der Waals surface area contributed by atoms with Crippen molar-refractivity contribution in [2.45, 2.75) is 0 Å². The minimum atomic E-state index is -0.468. The molecule has 1 aromatic carbocycles. The van der Waals surface area contributed by atoms with Gasteiger partial charge in [-0.2, -0.15) is 0 Å². The van der Waals surface area contributed by atoms with Gasteiger partial charge >= 0.3 is 0 Å². The topological polar surface area (TPSA) is 72.2 Å². The summed E-state index contributed by atoms with van der Waals surface area (Å²) < 4.78 is 0. The average molecular weight is 214 g/mol. The van der Waals surface area contributed by atoms with E-state index in [9.17, 15) is 9.59 Å². The Bertz CT molecular complexity index is 515. The Kier molecular flexibility index (Phi) is 2.32. The number of allylic oxidation sites excluding steroid dienone is 1. The highest BCUT2D eigenvalue weighted by atomic mass is 16.2. The lowest BCUT2D eigenvalue weighted by Gasteiger charge is -2.02. The van der Waals surface area contributed by atoms with Crippen molar-refractivity contribution in [3.05, 3.63) is 59.4 Å². The van der Waals surface area contributed by atoms with E-state index >= 15 is 0 Å². The average Bonchev–Trinajstić information content (AvgIpc) is 2.54. The molecular formula is C12H10N2O2. The smallest absolute Gasteiger partial charge is 0.272 e. The fraction of sp³-hybridized carbons (Fsp3) is 0. The van der Waals surface area contributed by atoms with E-state index in [4.69, 9.17) is 5.73 Å². The van der Waals surface area contributed by atoms with Crippen molar-refractivity contribution < 1.29 is 9.59 Å². The summed E-state index contributed by atoms with van der Waals surface area (Å²) in [7, 11) is 0. The van der Waals surface area contributed by atoms with E-state index in [2.05, 4.69) is 11.9 Å². The Hall–Kier alpha value is -2.36. The van der Waals surface area contributed by atoms with E-state index < -0.39 is 5.91 Å². The van der Waals surface area contributed by atoms with Gasteiger partial charge in [0.1, 0.15) is 5.70 Å². The number of nitrogens with one attached hydrogen (secondary N) is 1. The van der Waals surface area contributed by atoms with Gasteiger partial charge in [0, 0.05) is 11.3 Å². The summed E-state index contributed by atoms with van der Waals surface area (Å²) in [5, 5.41) is 2.41. The molecule has 0 unspecified atom stereocenters. The molecule has 1 aliphatic rings. The van der Waals surface area contributed by atoms with Gasteiger partial charge in [-0.25, -0.2) is 0 Å². The van der Waals surface area contributed by atoms with Crippen LogP contribution >= 0.6 is 0 Å². The van der Waals surface area contributed by atoms with Crippen molar-refractivity contribution in [1.82, 2.24) is 5.32 Å². The van der Waals surface area contributed by atoms with Crippen molar-refractivity contribution in [2.24, 2.45) is 5.73 Å². The molecule has 0 fully saturated rings. The van der Waals surface area contributed by atoms with E-state index in [0.29, 0.717) is 5.56 Å². The molecule has 0 saturated heterocycles. The van der Waals surface area contributed by atoms with Gasteiger partial charge in [-0.05, 0) is 0 Å². The van der Waals surface area contributed by atoms with Gasteiger partial charge in [0.2, 0.25) is 0 Å².